The zero-order valence-electron chi connectivity index (χ0n) is 20.1. The third-order valence-corrected chi connectivity index (χ3v) is 7.45. The third kappa shape index (κ3) is 4.45. The lowest BCUT2D eigenvalue weighted by molar-refractivity contribution is -0.137. The van der Waals surface area contributed by atoms with Gasteiger partial charge < -0.3 is 10.4 Å². The van der Waals surface area contributed by atoms with Gasteiger partial charge in [-0.05, 0) is 44.0 Å². The van der Waals surface area contributed by atoms with E-state index in [-0.39, 0.29) is 12.3 Å². The van der Waals surface area contributed by atoms with Crippen molar-refractivity contribution in [3.8, 4) is 5.00 Å². The molecule has 0 radical (unpaired) electrons. The van der Waals surface area contributed by atoms with Crippen molar-refractivity contribution in [2.75, 3.05) is 5.32 Å². The number of carboxylic acid groups (broad SMARTS) is 1. The van der Waals surface area contributed by atoms with Crippen LogP contribution in [0.1, 0.15) is 51.2 Å². The van der Waals surface area contributed by atoms with Crippen molar-refractivity contribution >= 4 is 34.6 Å². The molecule has 2 aromatic heterocycles. The number of nitrogens with one attached hydrogen (secondary N) is 1. The number of aliphatic imine (C=N–C) groups is 1. The van der Waals surface area contributed by atoms with Crippen LogP contribution in [0.3, 0.4) is 0 Å². The average molecular weight is 500 g/mol. The molecule has 0 saturated carbocycles. The number of carboxylic acids is 1. The van der Waals surface area contributed by atoms with Crippen LogP contribution in [0.25, 0.3) is 5.00 Å². The maximum Gasteiger partial charge on any atom is 0.306 e. The molecule has 0 saturated heterocycles. The first-order valence-corrected chi connectivity index (χ1v) is 12.4. The molecule has 4 aromatic rings. The normalized spacial score (nSPS) is 14.4. The minimum absolute atomic E-state index is 0.0951. The topological polar surface area (TPSA) is 109 Å². The Morgan fingerprint density at radius 1 is 1.03 bits per heavy atom. The van der Waals surface area contributed by atoms with Crippen molar-refractivity contribution in [1.82, 2.24) is 14.8 Å². The summed E-state index contributed by atoms with van der Waals surface area (Å²) < 4.78 is 1.93. The fourth-order valence-corrected chi connectivity index (χ4v) is 5.60. The number of aryl methyl sites for hydroxylation is 2. The molecule has 36 heavy (non-hydrogen) atoms. The predicted octanol–water partition coefficient (Wildman–Crippen LogP) is 4.80. The molecule has 0 unspecified atom stereocenters. The highest BCUT2D eigenvalue weighted by Gasteiger charge is 2.32. The number of benzene rings is 2. The summed E-state index contributed by atoms with van der Waals surface area (Å²) in [6.07, 6.45) is 0.101. The van der Waals surface area contributed by atoms with Crippen molar-refractivity contribution in [3.63, 3.8) is 0 Å². The predicted molar refractivity (Wildman–Crippen MR) is 139 cm³/mol. The van der Waals surface area contributed by atoms with E-state index in [0.717, 1.165) is 32.1 Å². The van der Waals surface area contributed by atoms with E-state index in [0.29, 0.717) is 29.5 Å². The highest BCUT2D eigenvalue weighted by atomic mass is 32.1. The lowest BCUT2D eigenvalue weighted by atomic mass is 9.99. The monoisotopic (exact) mass is 499 g/mol. The zero-order chi connectivity index (χ0) is 25.4. The molecule has 3 heterocycles. The molecular weight excluding hydrogens is 474 g/mol. The maximum atomic E-state index is 12.5. The van der Waals surface area contributed by atoms with Gasteiger partial charge in [0, 0.05) is 21.7 Å². The average Bonchev–Trinajstić information content (AvgIpc) is 3.32. The van der Waals surface area contributed by atoms with Gasteiger partial charge in [-0.25, -0.2) is 0 Å². The number of hydrogen-bond donors (Lipinski definition) is 2. The summed E-state index contributed by atoms with van der Waals surface area (Å²) in [5.74, 6) is 0.167. The van der Waals surface area contributed by atoms with Gasteiger partial charge in [0.05, 0.1) is 18.6 Å². The van der Waals surface area contributed by atoms with Crippen molar-refractivity contribution < 1.29 is 14.7 Å². The molecule has 9 heteroatoms. The van der Waals surface area contributed by atoms with E-state index in [1.165, 1.54) is 0 Å². The van der Waals surface area contributed by atoms with E-state index >= 15 is 0 Å². The van der Waals surface area contributed by atoms with E-state index < -0.39 is 12.0 Å². The van der Waals surface area contributed by atoms with Crippen LogP contribution in [0.5, 0.6) is 0 Å². The van der Waals surface area contributed by atoms with Gasteiger partial charge in [-0.15, -0.1) is 21.5 Å². The van der Waals surface area contributed by atoms with Crippen LogP contribution >= 0.6 is 11.3 Å². The number of thiophene rings is 1. The van der Waals surface area contributed by atoms with Gasteiger partial charge in [0.2, 0.25) is 5.91 Å². The summed E-state index contributed by atoms with van der Waals surface area (Å²) in [5.41, 5.74) is 5.22. The number of aliphatic carboxylic acids is 1. The Labute approximate surface area is 212 Å². The van der Waals surface area contributed by atoms with Crippen LogP contribution in [-0.4, -0.2) is 37.5 Å². The molecule has 2 aromatic carbocycles. The van der Waals surface area contributed by atoms with Crippen LogP contribution in [0, 0.1) is 20.8 Å². The summed E-state index contributed by atoms with van der Waals surface area (Å²) in [7, 11) is 0. The molecule has 1 amide bonds. The number of amides is 1. The Morgan fingerprint density at radius 3 is 2.44 bits per heavy atom. The summed E-state index contributed by atoms with van der Waals surface area (Å²) in [5, 5.41) is 22.0. The van der Waals surface area contributed by atoms with Gasteiger partial charge in [-0.2, -0.15) is 0 Å². The number of hydrogen-bond acceptors (Lipinski definition) is 6. The number of carbonyl (C=O) groups excluding carboxylic acids is 1. The van der Waals surface area contributed by atoms with Gasteiger partial charge in [0.25, 0.3) is 0 Å². The molecule has 1 aliphatic heterocycles. The summed E-state index contributed by atoms with van der Waals surface area (Å²) >= 11 is 1.62. The van der Waals surface area contributed by atoms with Crippen LogP contribution in [-0.2, 0) is 16.0 Å². The molecular formula is C27H25N5O3S. The van der Waals surface area contributed by atoms with Gasteiger partial charge in [-0.1, -0.05) is 42.5 Å². The highest BCUT2D eigenvalue weighted by Crippen LogP contribution is 2.39. The van der Waals surface area contributed by atoms with Crippen LogP contribution in [0.2, 0.25) is 0 Å². The first-order valence-electron chi connectivity index (χ1n) is 11.6. The van der Waals surface area contributed by atoms with Crippen LogP contribution in [0.15, 0.2) is 59.6 Å². The Kier molecular flexibility index (Phi) is 6.24. The second-order valence-electron chi connectivity index (χ2n) is 8.78. The number of nitrogens with zero attached hydrogens (tertiary/aromatic N) is 4. The Balaban J connectivity index is 1.51. The molecule has 1 atom stereocenters. The van der Waals surface area contributed by atoms with E-state index in [1.54, 1.807) is 11.3 Å². The lowest BCUT2D eigenvalue weighted by Crippen LogP contribution is -2.14. The summed E-state index contributed by atoms with van der Waals surface area (Å²) in [6.45, 7) is 5.97. The first-order chi connectivity index (χ1) is 17.3. The molecule has 1 aliphatic rings. The minimum atomic E-state index is -0.954. The number of anilines is 1. The first kappa shape index (κ1) is 23.6. The summed E-state index contributed by atoms with van der Waals surface area (Å²) in [6, 6.07) is 16.4. The number of aromatic nitrogens is 3. The standard InChI is InChI=1S/C27H25N5O3S/c1-15-16(2)36-27-24(15)25(29-21(14-23(34)35)26-31-30-17(3)32(26)27)19-9-11-20(12-10-19)28-22(33)13-18-7-5-4-6-8-18/h4-12,21H,13-14H2,1-3H3,(H,28,33)(H,34,35)/t21-/m0/s1. The molecule has 0 aliphatic carbocycles. The number of rotatable bonds is 6. The zero-order valence-corrected chi connectivity index (χ0v) is 21.0. The second kappa shape index (κ2) is 9.50. The number of fused-ring (bicyclic) bond motifs is 3. The molecule has 8 nitrogen and oxygen atoms in total. The van der Waals surface area contributed by atoms with E-state index in [4.69, 9.17) is 4.99 Å². The largest absolute Gasteiger partial charge is 0.481 e. The Bertz CT molecular complexity index is 1490. The number of carbonyl (C=O) groups is 2. The quantitative estimate of drug-likeness (QED) is 0.396. The van der Waals surface area contributed by atoms with E-state index in [1.807, 2.05) is 66.1 Å². The fourth-order valence-electron chi connectivity index (χ4n) is 4.39. The Morgan fingerprint density at radius 2 is 1.75 bits per heavy atom. The molecule has 182 valence electrons. The molecule has 0 bridgehead atoms. The van der Waals surface area contributed by atoms with E-state index in [9.17, 15) is 14.7 Å². The van der Waals surface area contributed by atoms with Gasteiger partial charge >= 0.3 is 5.97 Å². The van der Waals surface area contributed by atoms with Crippen molar-refractivity contribution in [2.45, 2.75) is 39.7 Å². The third-order valence-electron chi connectivity index (χ3n) is 6.26. The minimum Gasteiger partial charge on any atom is -0.481 e. The fraction of sp³-hybridized carbons (Fsp3) is 0.222. The SMILES string of the molecule is Cc1sc2c(c1C)C(c1ccc(NC(=O)Cc3ccccc3)cc1)=N[C@@H](CC(=O)O)c1nnc(C)n1-2. The van der Waals surface area contributed by atoms with Gasteiger partial charge in [-0.3, -0.25) is 19.1 Å². The maximum absolute atomic E-state index is 12.5. The van der Waals surface area contributed by atoms with Crippen molar-refractivity contribution in [1.29, 1.82) is 0 Å². The van der Waals surface area contributed by atoms with E-state index in [2.05, 4.69) is 29.4 Å². The van der Waals surface area contributed by atoms with Crippen LogP contribution in [0.4, 0.5) is 5.69 Å². The second-order valence-corrected chi connectivity index (χ2v) is 9.99. The molecule has 0 fully saturated rings. The van der Waals surface area contributed by atoms with Gasteiger partial charge in [0.15, 0.2) is 5.82 Å². The molecule has 5 rings (SSSR count). The molecule has 0 spiro atoms. The molecule has 2 N–H and O–H groups in total. The smallest absolute Gasteiger partial charge is 0.306 e. The highest BCUT2D eigenvalue weighted by molar-refractivity contribution is 7.15. The van der Waals surface area contributed by atoms with Crippen molar-refractivity contribution in [2.24, 2.45) is 4.99 Å². The van der Waals surface area contributed by atoms with Crippen LogP contribution < -0.4 is 5.32 Å². The van der Waals surface area contributed by atoms with Crippen molar-refractivity contribution in [3.05, 3.63) is 93.4 Å². The summed E-state index contributed by atoms with van der Waals surface area (Å²) in [4.78, 5) is 30.3. The Hall–Kier alpha value is -4.11. The lowest BCUT2D eigenvalue weighted by Gasteiger charge is -2.12. The van der Waals surface area contributed by atoms with Gasteiger partial charge in [0.1, 0.15) is 16.9 Å².